The van der Waals surface area contributed by atoms with Gasteiger partial charge in [-0.3, -0.25) is 9.59 Å². The van der Waals surface area contributed by atoms with Crippen molar-refractivity contribution in [1.29, 1.82) is 0 Å². The summed E-state index contributed by atoms with van der Waals surface area (Å²) in [6.07, 6.45) is 2.39. The fraction of sp³-hybridized carbons (Fsp3) is 0.800. The molecular weight excluding hydrogens is 166 g/mol. The number of likely N-dealkylation sites (tertiary alicyclic amines) is 1. The Morgan fingerprint density at radius 3 is 2.77 bits per heavy atom. The predicted molar refractivity (Wildman–Crippen MR) is 50.3 cm³/mol. The molecule has 1 fully saturated rings. The van der Waals surface area contributed by atoms with Gasteiger partial charge in [0.1, 0.15) is 0 Å². The number of hydrogen-bond donors (Lipinski definition) is 0. The summed E-state index contributed by atoms with van der Waals surface area (Å²) in [5.74, 6) is 0.419. The van der Waals surface area contributed by atoms with Crippen molar-refractivity contribution >= 4 is 11.7 Å². The minimum Gasteiger partial charge on any atom is -0.335 e. The number of hydrogen-bond acceptors (Lipinski definition) is 2. The van der Waals surface area contributed by atoms with E-state index in [1.54, 1.807) is 4.90 Å². The number of carbonyl (C=O) groups is 2. The highest BCUT2D eigenvalue weighted by atomic mass is 16.2. The maximum atomic E-state index is 11.5. The van der Waals surface area contributed by atoms with E-state index >= 15 is 0 Å². The molecule has 13 heavy (non-hydrogen) atoms. The quantitative estimate of drug-likeness (QED) is 0.657. The molecule has 0 radical (unpaired) electrons. The Kier molecular flexibility index (Phi) is 3.46. The maximum Gasteiger partial charge on any atom is 0.223 e. The van der Waals surface area contributed by atoms with Crippen LogP contribution in [0.1, 0.15) is 33.1 Å². The zero-order valence-electron chi connectivity index (χ0n) is 8.38. The lowest BCUT2D eigenvalue weighted by molar-refractivity contribution is -0.133. The smallest absolute Gasteiger partial charge is 0.223 e. The molecule has 1 aliphatic rings. The van der Waals surface area contributed by atoms with Crippen LogP contribution in [0, 0.1) is 5.92 Å². The predicted octanol–water partition coefficient (Wildman–Crippen LogP) is 1.22. The van der Waals surface area contributed by atoms with E-state index in [1.807, 2.05) is 13.8 Å². The van der Waals surface area contributed by atoms with Crippen molar-refractivity contribution in [3.05, 3.63) is 0 Å². The van der Waals surface area contributed by atoms with Crippen molar-refractivity contribution in [3.8, 4) is 0 Å². The number of Topliss-reactive ketones (excluding diaryl/α,β-unsaturated/α-hetero) is 1. The Labute approximate surface area is 79.1 Å². The lowest BCUT2D eigenvalue weighted by Crippen LogP contribution is -2.33. The van der Waals surface area contributed by atoms with Crippen LogP contribution < -0.4 is 0 Å². The molecule has 74 valence electrons. The van der Waals surface area contributed by atoms with E-state index < -0.39 is 0 Å². The first-order valence-corrected chi connectivity index (χ1v) is 4.95. The van der Waals surface area contributed by atoms with Gasteiger partial charge in [-0.2, -0.15) is 0 Å². The molecule has 0 aliphatic carbocycles. The van der Waals surface area contributed by atoms with Gasteiger partial charge in [0.05, 0.1) is 6.54 Å². The van der Waals surface area contributed by atoms with Crippen LogP contribution >= 0.6 is 0 Å². The molecule has 3 nitrogen and oxygen atoms in total. The molecule has 0 aromatic heterocycles. The van der Waals surface area contributed by atoms with Crippen LogP contribution in [-0.4, -0.2) is 29.7 Å². The van der Waals surface area contributed by atoms with Crippen molar-refractivity contribution in [2.45, 2.75) is 33.1 Å². The Morgan fingerprint density at radius 1 is 1.62 bits per heavy atom. The van der Waals surface area contributed by atoms with Crippen LogP contribution in [0.25, 0.3) is 0 Å². The second kappa shape index (κ2) is 4.40. The molecule has 1 amide bonds. The molecule has 0 bridgehead atoms. The number of amides is 1. The zero-order valence-corrected chi connectivity index (χ0v) is 8.38. The zero-order chi connectivity index (χ0) is 9.84. The number of nitrogens with zero attached hydrogens (tertiary/aromatic N) is 1. The van der Waals surface area contributed by atoms with Crippen molar-refractivity contribution in [2.24, 2.45) is 5.92 Å². The second-order valence-corrected chi connectivity index (χ2v) is 3.69. The first kappa shape index (κ1) is 10.2. The molecule has 0 spiro atoms. The molecule has 0 N–H and O–H groups in total. The normalized spacial score (nSPS) is 19.2. The third kappa shape index (κ3) is 2.54. The fourth-order valence-corrected chi connectivity index (χ4v) is 1.44. The van der Waals surface area contributed by atoms with Crippen molar-refractivity contribution in [1.82, 2.24) is 4.90 Å². The summed E-state index contributed by atoms with van der Waals surface area (Å²) < 4.78 is 0. The SMILES string of the molecule is CCC(C)C(=O)CN1CCCC1=O. The molecule has 1 atom stereocenters. The van der Waals surface area contributed by atoms with Crippen LogP contribution in [0.5, 0.6) is 0 Å². The lowest BCUT2D eigenvalue weighted by Gasteiger charge is -2.16. The maximum absolute atomic E-state index is 11.5. The minimum atomic E-state index is 0.0911. The first-order valence-electron chi connectivity index (χ1n) is 4.95. The van der Waals surface area contributed by atoms with Crippen LogP contribution in [0.3, 0.4) is 0 Å². The van der Waals surface area contributed by atoms with E-state index in [9.17, 15) is 9.59 Å². The molecule has 0 aromatic carbocycles. The number of ketones is 1. The molecule has 3 heteroatoms. The Balaban J connectivity index is 2.39. The third-order valence-corrected chi connectivity index (χ3v) is 2.68. The number of rotatable bonds is 4. The van der Waals surface area contributed by atoms with Crippen molar-refractivity contribution in [3.63, 3.8) is 0 Å². The third-order valence-electron chi connectivity index (χ3n) is 2.68. The molecule has 1 unspecified atom stereocenters. The van der Waals surface area contributed by atoms with Crippen LogP contribution in [0.4, 0.5) is 0 Å². The molecule has 1 aliphatic heterocycles. The summed E-state index contributed by atoms with van der Waals surface area (Å²) in [7, 11) is 0. The molecule has 0 saturated carbocycles. The van der Waals surface area contributed by atoms with E-state index in [0.717, 1.165) is 19.4 Å². The summed E-state index contributed by atoms with van der Waals surface area (Å²) in [4.78, 5) is 24.4. The minimum absolute atomic E-state index is 0.0911. The molecule has 1 rings (SSSR count). The highest BCUT2D eigenvalue weighted by Gasteiger charge is 2.23. The van der Waals surface area contributed by atoms with E-state index in [1.165, 1.54) is 0 Å². The summed E-state index contributed by atoms with van der Waals surface area (Å²) >= 11 is 0. The second-order valence-electron chi connectivity index (χ2n) is 3.69. The Morgan fingerprint density at radius 2 is 2.31 bits per heavy atom. The Hall–Kier alpha value is -0.860. The van der Waals surface area contributed by atoms with Gasteiger partial charge < -0.3 is 4.90 Å². The average molecular weight is 183 g/mol. The van der Waals surface area contributed by atoms with Gasteiger partial charge >= 0.3 is 0 Å². The number of carbonyl (C=O) groups excluding carboxylic acids is 2. The largest absolute Gasteiger partial charge is 0.335 e. The molecule has 1 saturated heterocycles. The fourth-order valence-electron chi connectivity index (χ4n) is 1.44. The highest BCUT2D eigenvalue weighted by Crippen LogP contribution is 2.11. The van der Waals surface area contributed by atoms with E-state index in [2.05, 4.69) is 0 Å². The lowest BCUT2D eigenvalue weighted by atomic mass is 10.0. The van der Waals surface area contributed by atoms with Gasteiger partial charge in [-0.15, -0.1) is 0 Å². The summed E-state index contributed by atoms with van der Waals surface area (Å²) in [5.41, 5.74) is 0. The van der Waals surface area contributed by atoms with Gasteiger partial charge in [0, 0.05) is 18.9 Å². The van der Waals surface area contributed by atoms with Gasteiger partial charge in [0.25, 0.3) is 0 Å². The van der Waals surface area contributed by atoms with Crippen LogP contribution in [0.15, 0.2) is 0 Å². The van der Waals surface area contributed by atoms with Crippen molar-refractivity contribution in [2.75, 3.05) is 13.1 Å². The molecular formula is C10H17NO2. The summed E-state index contributed by atoms with van der Waals surface area (Å²) in [5, 5.41) is 0. The van der Waals surface area contributed by atoms with E-state index in [4.69, 9.17) is 0 Å². The first-order chi connectivity index (χ1) is 6.15. The van der Waals surface area contributed by atoms with Gasteiger partial charge in [0.2, 0.25) is 5.91 Å². The van der Waals surface area contributed by atoms with Crippen LogP contribution in [-0.2, 0) is 9.59 Å². The topological polar surface area (TPSA) is 37.4 Å². The van der Waals surface area contributed by atoms with Crippen molar-refractivity contribution < 1.29 is 9.59 Å². The van der Waals surface area contributed by atoms with Crippen LogP contribution in [0.2, 0.25) is 0 Å². The molecule has 0 aromatic rings. The van der Waals surface area contributed by atoms with E-state index in [-0.39, 0.29) is 17.6 Å². The van der Waals surface area contributed by atoms with Gasteiger partial charge in [-0.05, 0) is 12.8 Å². The summed E-state index contributed by atoms with van der Waals surface area (Å²) in [6, 6.07) is 0. The highest BCUT2D eigenvalue weighted by molar-refractivity contribution is 5.88. The standard InChI is InChI=1S/C10H17NO2/c1-3-8(2)9(12)7-11-6-4-5-10(11)13/h8H,3-7H2,1-2H3. The van der Waals surface area contributed by atoms with Gasteiger partial charge in [0.15, 0.2) is 5.78 Å². The van der Waals surface area contributed by atoms with Gasteiger partial charge in [-0.25, -0.2) is 0 Å². The molecule has 1 heterocycles. The Bertz CT molecular complexity index is 213. The van der Waals surface area contributed by atoms with E-state index in [0.29, 0.717) is 13.0 Å². The average Bonchev–Trinajstić information content (AvgIpc) is 2.50. The summed E-state index contributed by atoms with van der Waals surface area (Å²) in [6.45, 7) is 5.01. The monoisotopic (exact) mass is 183 g/mol. The van der Waals surface area contributed by atoms with Gasteiger partial charge in [-0.1, -0.05) is 13.8 Å².